The molecule has 3 heterocycles. The summed E-state index contributed by atoms with van der Waals surface area (Å²) in [6, 6.07) is 9.16. The highest BCUT2D eigenvalue weighted by atomic mass is 127. The molecular weight excluding hydrogens is 479 g/mol. The zero-order valence-corrected chi connectivity index (χ0v) is 19.7. The van der Waals surface area contributed by atoms with Crippen LogP contribution in [0.1, 0.15) is 44.6 Å². The fourth-order valence-electron chi connectivity index (χ4n) is 4.64. The van der Waals surface area contributed by atoms with E-state index in [1.807, 2.05) is 0 Å². The summed E-state index contributed by atoms with van der Waals surface area (Å²) in [7, 11) is 0. The number of aliphatic hydroxyl groups is 1. The van der Waals surface area contributed by atoms with Crippen LogP contribution in [0, 0.1) is 5.92 Å². The molecule has 3 atom stereocenters. The molecule has 1 aromatic carbocycles. The van der Waals surface area contributed by atoms with Gasteiger partial charge in [0.15, 0.2) is 5.96 Å². The molecule has 7 heteroatoms. The molecule has 0 amide bonds. The van der Waals surface area contributed by atoms with E-state index in [0.717, 1.165) is 44.9 Å². The summed E-state index contributed by atoms with van der Waals surface area (Å²) in [5.41, 5.74) is 2.49. The maximum absolute atomic E-state index is 9.30. The summed E-state index contributed by atoms with van der Waals surface area (Å²) in [5, 5.41) is 16.2. The normalized spacial score (nSPS) is 27.0. The summed E-state index contributed by atoms with van der Waals surface area (Å²) in [6.07, 6.45) is 6.42. The maximum atomic E-state index is 9.30. The van der Waals surface area contributed by atoms with Gasteiger partial charge >= 0.3 is 0 Å². The second-order valence-electron chi connectivity index (χ2n) is 8.34. The summed E-state index contributed by atoms with van der Waals surface area (Å²) in [4.78, 5) is 7.21. The molecule has 29 heavy (non-hydrogen) atoms. The number of aliphatic imine (C=N–C) groups is 1. The lowest BCUT2D eigenvalue weighted by molar-refractivity contribution is 0.0992. The van der Waals surface area contributed by atoms with Crippen LogP contribution >= 0.6 is 24.0 Å². The van der Waals surface area contributed by atoms with Crippen LogP contribution in [-0.2, 0) is 11.3 Å². The third-order valence-electron chi connectivity index (χ3n) is 6.37. The Bertz CT molecular complexity index is 661. The monoisotopic (exact) mass is 514 g/mol. The van der Waals surface area contributed by atoms with Gasteiger partial charge in [-0.15, -0.1) is 24.0 Å². The van der Waals surface area contributed by atoms with Crippen molar-refractivity contribution >= 4 is 35.6 Å². The Kier molecular flexibility index (Phi) is 8.44. The minimum absolute atomic E-state index is 0. The summed E-state index contributed by atoms with van der Waals surface area (Å²) < 4.78 is 5.95. The number of hydrogen-bond donors (Lipinski definition) is 3. The van der Waals surface area contributed by atoms with E-state index in [0.29, 0.717) is 37.3 Å². The third kappa shape index (κ3) is 5.76. The molecule has 0 aliphatic carbocycles. The van der Waals surface area contributed by atoms with Crippen LogP contribution in [0.5, 0.6) is 0 Å². The summed E-state index contributed by atoms with van der Waals surface area (Å²) in [6.45, 7) is 6.01. The quantitative estimate of drug-likeness (QED) is 0.310. The molecule has 0 radical (unpaired) electrons. The van der Waals surface area contributed by atoms with Gasteiger partial charge in [0.1, 0.15) is 0 Å². The van der Waals surface area contributed by atoms with Crippen LogP contribution < -0.4 is 15.5 Å². The molecule has 2 bridgehead atoms. The number of nitrogens with one attached hydrogen (secondary N) is 2. The van der Waals surface area contributed by atoms with Crippen molar-refractivity contribution in [2.45, 2.75) is 63.8 Å². The van der Waals surface area contributed by atoms with Crippen molar-refractivity contribution in [2.75, 3.05) is 31.1 Å². The van der Waals surface area contributed by atoms with Gasteiger partial charge in [0, 0.05) is 31.9 Å². The number of halogens is 1. The van der Waals surface area contributed by atoms with E-state index in [1.165, 1.54) is 24.1 Å². The van der Waals surface area contributed by atoms with Gasteiger partial charge in [-0.25, -0.2) is 4.99 Å². The Labute approximate surface area is 191 Å². The van der Waals surface area contributed by atoms with Crippen molar-refractivity contribution in [1.29, 1.82) is 0 Å². The lowest BCUT2D eigenvalue weighted by Gasteiger charge is -2.32. The second kappa shape index (κ2) is 10.8. The van der Waals surface area contributed by atoms with E-state index in [9.17, 15) is 5.11 Å². The van der Waals surface area contributed by atoms with Crippen LogP contribution in [0.4, 0.5) is 5.69 Å². The first-order valence-electron chi connectivity index (χ1n) is 10.9. The molecule has 3 aliphatic rings. The first-order chi connectivity index (χ1) is 13.7. The number of rotatable bonds is 6. The van der Waals surface area contributed by atoms with E-state index >= 15 is 0 Å². The average Bonchev–Trinajstić information content (AvgIpc) is 3.36. The van der Waals surface area contributed by atoms with Crippen LogP contribution in [-0.4, -0.2) is 55.6 Å². The van der Waals surface area contributed by atoms with Crippen molar-refractivity contribution in [2.24, 2.45) is 10.9 Å². The highest BCUT2D eigenvalue weighted by molar-refractivity contribution is 14.0. The number of benzene rings is 1. The third-order valence-corrected chi connectivity index (χ3v) is 6.37. The zero-order chi connectivity index (χ0) is 19.3. The topological polar surface area (TPSA) is 69.1 Å². The van der Waals surface area contributed by atoms with Gasteiger partial charge in [0.05, 0.1) is 24.8 Å². The molecule has 3 unspecified atom stereocenters. The zero-order valence-electron chi connectivity index (χ0n) is 17.3. The van der Waals surface area contributed by atoms with E-state index in [2.05, 4.69) is 46.7 Å². The molecule has 3 fully saturated rings. The summed E-state index contributed by atoms with van der Waals surface area (Å²) >= 11 is 0. The highest BCUT2D eigenvalue weighted by Crippen LogP contribution is 2.34. The molecular formula is C22H35IN4O2. The smallest absolute Gasteiger partial charge is 0.191 e. The lowest BCUT2D eigenvalue weighted by Crippen LogP contribution is -2.47. The van der Waals surface area contributed by atoms with Gasteiger partial charge in [-0.05, 0) is 62.6 Å². The van der Waals surface area contributed by atoms with Crippen molar-refractivity contribution in [1.82, 2.24) is 10.6 Å². The van der Waals surface area contributed by atoms with Crippen LogP contribution in [0.3, 0.4) is 0 Å². The van der Waals surface area contributed by atoms with E-state index in [1.54, 1.807) is 0 Å². The fourth-order valence-corrected chi connectivity index (χ4v) is 4.64. The Hall–Kier alpha value is -1.06. The van der Waals surface area contributed by atoms with Crippen LogP contribution in [0.15, 0.2) is 29.3 Å². The van der Waals surface area contributed by atoms with Crippen molar-refractivity contribution in [3.8, 4) is 0 Å². The minimum atomic E-state index is 0. The van der Waals surface area contributed by atoms with Gasteiger partial charge in [-0.3, -0.25) is 0 Å². The Balaban J connectivity index is 0.00000240. The van der Waals surface area contributed by atoms with Gasteiger partial charge in [-0.2, -0.15) is 0 Å². The molecule has 0 spiro atoms. The molecule has 4 rings (SSSR count). The number of fused-ring (bicyclic) bond motifs is 2. The Morgan fingerprint density at radius 3 is 2.52 bits per heavy atom. The van der Waals surface area contributed by atoms with Gasteiger partial charge in [0.2, 0.25) is 0 Å². The standard InChI is InChI=1S/C22H34N4O2.HI/c1-2-23-22(25-20-13-19-7-8-21(20)28-19)24-14-16-3-5-18(6-4-16)26-11-9-17(15-27)10-12-26;/h3-6,17,19-21,27H,2,7-15H2,1H3,(H2,23,24,25);1H. The first-order valence-corrected chi connectivity index (χ1v) is 10.9. The Morgan fingerprint density at radius 2 is 1.93 bits per heavy atom. The number of piperidine rings is 1. The van der Waals surface area contributed by atoms with Gasteiger partial charge in [0.25, 0.3) is 0 Å². The molecule has 162 valence electrons. The number of nitrogens with zero attached hydrogens (tertiary/aromatic N) is 2. The predicted molar refractivity (Wildman–Crippen MR) is 128 cm³/mol. The molecule has 3 aliphatic heterocycles. The SMILES string of the molecule is CCNC(=NCc1ccc(N2CCC(CO)CC2)cc1)NC1CC2CCC1O2.I. The molecule has 1 aromatic rings. The van der Waals surface area contributed by atoms with Crippen molar-refractivity contribution in [3.05, 3.63) is 29.8 Å². The van der Waals surface area contributed by atoms with Crippen molar-refractivity contribution in [3.63, 3.8) is 0 Å². The predicted octanol–water partition coefficient (Wildman–Crippen LogP) is 2.89. The van der Waals surface area contributed by atoms with Gasteiger partial charge in [-0.1, -0.05) is 12.1 Å². The molecule has 0 aromatic heterocycles. The van der Waals surface area contributed by atoms with E-state index in [-0.39, 0.29) is 24.0 Å². The first kappa shape index (κ1) is 22.6. The fraction of sp³-hybridized carbons (Fsp3) is 0.682. The maximum Gasteiger partial charge on any atom is 0.191 e. The highest BCUT2D eigenvalue weighted by Gasteiger charge is 2.41. The molecule has 6 nitrogen and oxygen atoms in total. The number of aliphatic hydroxyl groups excluding tert-OH is 1. The molecule has 0 saturated carbocycles. The number of anilines is 1. The van der Waals surface area contributed by atoms with E-state index < -0.39 is 0 Å². The minimum Gasteiger partial charge on any atom is -0.396 e. The van der Waals surface area contributed by atoms with Crippen molar-refractivity contribution < 1.29 is 9.84 Å². The van der Waals surface area contributed by atoms with Gasteiger partial charge < -0.3 is 25.4 Å². The number of ether oxygens (including phenoxy) is 1. The molecule has 3 N–H and O–H groups in total. The number of hydrogen-bond acceptors (Lipinski definition) is 4. The Morgan fingerprint density at radius 1 is 1.17 bits per heavy atom. The summed E-state index contributed by atoms with van der Waals surface area (Å²) in [5.74, 6) is 1.36. The second-order valence-corrected chi connectivity index (χ2v) is 8.34. The van der Waals surface area contributed by atoms with Crippen LogP contribution in [0.2, 0.25) is 0 Å². The van der Waals surface area contributed by atoms with E-state index in [4.69, 9.17) is 9.73 Å². The average molecular weight is 514 g/mol. The lowest BCUT2D eigenvalue weighted by atomic mass is 9.96. The van der Waals surface area contributed by atoms with Crippen LogP contribution in [0.25, 0.3) is 0 Å². The largest absolute Gasteiger partial charge is 0.396 e. The molecule has 3 saturated heterocycles. The number of guanidine groups is 1.